The van der Waals surface area contributed by atoms with Crippen LogP contribution in [0.1, 0.15) is 40.0 Å². The zero-order valence-electron chi connectivity index (χ0n) is 9.43. The quantitative estimate of drug-likeness (QED) is 0.688. The summed E-state index contributed by atoms with van der Waals surface area (Å²) in [7, 11) is 0. The van der Waals surface area contributed by atoms with Gasteiger partial charge < -0.3 is 15.8 Å². The average molecular weight is 202 g/mol. The van der Waals surface area contributed by atoms with E-state index < -0.39 is 0 Å². The van der Waals surface area contributed by atoms with Gasteiger partial charge in [-0.3, -0.25) is 0 Å². The van der Waals surface area contributed by atoms with E-state index >= 15 is 0 Å². The van der Waals surface area contributed by atoms with Crippen molar-refractivity contribution in [3.05, 3.63) is 0 Å². The number of ether oxygens (including phenoxy) is 1. The van der Waals surface area contributed by atoms with Gasteiger partial charge in [-0.1, -0.05) is 20.8 Å². The van der Waals surface area contributed by atoms with E-state index in [1.807, 2.05) is 20.8 Å². The fourth-order valence-corrected chi connectivity index (χ4v) is 0.941. The molecule has 0 aliphatic carbocycles. The summed E-state index contributed by atoms with van der Waals surface area (Å²) < 4.78 is 5.02. The lowest BCUT2D eigenvalue weighted by Crippen LogP contribution is -2.45. The van der Waals surface area contributed by atoms with Gasteiger partial charge in [0, 0.05) is 12.1 Å². The summed E-state index contributed by atoms with van der Waals surface area (Å²) in [5.74, 6) is 0. The molecule has 4 nitrogen and oxygen atoms in total. The molecule has 84 valence electrons. The second kappa shape index (κ2) is 6.65. The maximum Gasteiger partial charge on any atom is 0.407 e. The van der Waals surface area contributed by atoms with Crippen LogP contribution >= 0.6 is 0 Å². The summed E-state index contributed by atoms with van der Waals surface area (Å²) in [6, 6.07) is 0. The lowest BCUT2D eigenvalue weighted by Gasteiger charge is -2.25. The second-order valence-corrected chi connectivity index (χ2v) is 3.57. The van der Waals surface area contributed by atoms with Crippen molar-refractivity contribution in [2.24, 2.45) is 5.73 Å². The molecule has 0 aromatic rings. The summed E-state index contributed by atoms with van der Waals surface area (Å²) in [5, 5.41) is 2.64. The summed E-state index contributed by atoms with van der Waals surface area (Å²) in [4.78, 5) is 11.1. The molecule has 0 heterocycles. The zero-order chi connectivity index (χ0) is 11.0. The number of alkyl carbamates (subject to hydrolysis) is 1. The second-order valence-electron chi connectivity index (χ2n) is 3.57. The van der Waals surface area contributed by atoms with Gasteiger partial charge in [0.15, 0.2) is 0 Å². The highest BCUT2D eigenvalue weighted by molar-refractivity contribution is 5.67. The summed E-state index contributed by atoms with van der Waals surface area (Å²) in [5.41, 5.74) is 5.60. The van der Waals surface area contributed by atoms with Gasteiger partial charge in [0.25, 0.3) is 0 Å². The van der Waals surface area contributed by atoms with Crippen LogP contribution in [0.3, 0.4) is 0 Å². The van der Waals surface area contributed by atoms with E-state index in [-0.39, 0.29) is 18.2 Å². The molecule has 0 rings (SSSR count). The summed E-state index contributed by atoms with van der Waals surface area (Å²) in [6.07, 6.45) is 2.16. The molecule has 0 bridgehead atoms. The van der Waals surface area contributed by atoms with Crippen LogP contribution < -0.4 is 11.1 Å². The fourth-order valence-electron chi connectivity index (χ4n) is 0.941. The molecule has 1 amide bonds. The number of nitrogens with one attached hydrogen (secondary N) is 1. The molecule has 0 saturated heterocycles. The molecule has 0 radical (unpaired) electrons. The molecule has 0 saturated carbocycles. The Hall–Kier alpha value is -0.770. The van der Waals surface area contributed by atoms with Crippen molar-refractivity contribution in [2.45, 2.75) is 45.6 Å². The number of amides is 1. The normalized spacial score (nSPS) is 11.1. The van der Waals surface area contributed by atoms with Crippen LogP contribution in [0.5, 0.6) is 0 Å². The Morgan fingerprint density at radius 3 is 2.36 bits per heavy atom. The summed E-state index contributed by atoms with van der Waals surface area (Å²) >= 11 is 0. The van der Waals surface area contributed by atoms with Crippen LogP contribution in [0.15, 0.2) is 0 Å². The molecule has 0 spiro atoms. The standard InChI is InChI=1S/C10H22N2O2/c1-4-7-12-9(13)14-8-10(11,5-2)6-3/h4-8,11H2,1-3H3,(H,12,13). The smallest absolute Gasteiger partial charge is 0.407 e. The van der Waals surface area contributed by atoms with Crippen molar-refractivity contribution in [1.82, 2.24) is 5.32 Å². The van der Waals surface area contributed by atoms with Gasteiger partial charge in [0.1, 0.15) is 6.61 Å². The number of rotatable bonds is 6. The third kappa shape index (κ3) is 5.07. The molecular formula is C10H22N2O2. The van der Waals surface area contributed by atoms with Gasteiger partial charge >= 0.3 is 6.09 Å². The predicted molar refractivity (Wildman–Crippen MR) is 57.1 cm³/mol. The largest absolute Gasteiger partial charge is 0.448 e. The van der Waals surface area contributed by atoms with Gasteiger partial charge in [-0.05, 0) is 19.3 Å². The lowest BCUT2D eigenvalue weighted by atomic mass is 9.96. The zero-order valence-corrected chi connectivity index (χ0v) is 9.43. The minimum Gasteiger partial charge on any atom is -0.448 e. The van der Waals surface area contributed by atoms with Crippen molar-refractivity contribution in [2.75, 3.05) is 13.2 Å². The van der Waals surface area contributed by atoms with Crippen molar-refractivity contribution in [1.29, 1.82) is 0 Å². The van der Waals surface area contributed by atoms with Crippen molar-refractivity contribution in [3.8, 4) is 0 Å². The Kier molecular flexibility index (Phi) is 6.28. The first-order valence-electron chi connectivity index (χ1n) is 5.27. The van der Waals surface area contributed by atoms with E-state index in [1.54, 1.807) is 0 Å². The molecule has 0 aromatic carbocycles. The number of carbonyl (C=O) groups excluding carboxylic acids is 1. The molecule has 4 heteroatoms. The molecule has 0 unspecified atom stereocenters. The van der Waals surface area contributed by atoms with Crippen LogP contribution in [-0.4, -0.2) is 24.8 Å². The lowest BCUT2D eigenvalue weighted by molar-refractivity contribution is 0.113. The van der Waals surface area contributed by atoms with Gasteiger partial charge in [-0.2, -0.15) is 0 Å². The van der Waals surface area contributed by atoms with Crippen LogP contribution in [-0.2, 0) is 4.74 Å². The number of carbonyl (C=O) groups is 1. The molecule has 0 aliphatic rings. The minimum absolute atomic E-state index is 0.287. The molecular weight excluding hydrogens is 180 g/mol. The van der Waals surface area contributed by atoms with Crippen LogP contribution in [0.25, 0.3) is 0 Å². The Labute approximate surface area is 86.2 Å². The molecule has 0 atom stereocenters. The monoisotopic (exact) mass is 202 g/mol. The number of nitrogens with two attached hydrogens (primary N) is 1. The van der Waals surface area contributed by atoms with Gasteiger partial charge in [-0.25, -0.2) is 4.79 Å². The highest BCUT2D eigenvalue weighted by atomic mass is 16.5. The van der Waals surface area contributed by atoms with Crippen LogP contribution in [0.2, 0.25) is 0 Å². The van der Waals surface area contributed by atoms with E-state index in [0.717, 1.165) is 19.3 Å². The Morgan fingerprint density at radius 2 is 1.93 bits per heavy atom. The average Bonchev–Trinajstić information content (AvgIpc) is 2.23. The first kappa shape index (κ1) is 13.2. The third-order valence-electron chi connectivity index (χ3n) is 2.42. The first-order chi connectivity index (χ1) is 6.58. The van der Waals surface area contributed by atoms with E-state index in [2.05, 4.69) is 5.32 Å². The number of hydrogen-bond donors (Lipinski definition) is 2. The Balaban J connectivity index is 3.74. The number of hydrogen-bond acceptors (Lipinski definition) is 3. The minimum atomic E-state index is -0.372. The van der Waals surface area contributed by atoms with E-state index in [4.69, 9.17) is 10.5 Å². The van der Waals surface area contributed by atoms with Crippen molar-refractivity contribution >= 4 is 6.09 Å². The fraction of sp³-hybridized carbons (Fsp3) is 0.900. The third-order valence-corrected chi connectivity index (χ3v) is 2.42. The van der Waals surface area contributed by atoms with Gasteiger partial charge in [0.2, 0.25) is 0 Å². The van der Waals surface area contributed by atoms with E-state index in [1.165, 1.54) is 0 Å². The Bertz CT molecular complexity index is 168. The first-order valence-corrected chi connectivity index (χ1v) is 5.27. The molecule has 0 fully saturated rings. The SMILES string of the molecule is CCCNC(=O)OCC(N)(CC)CC. The van der Waals surface area contributed by atoms with Gasteiger partial charge in [0.05, 0.1) is 0 Å². The van der Waals surface area contributed by atoms with E-state index in [9.17, 15) is 4.79 Å². The molecule has 0 aromatic heterocycles. The molecule has 14 heavy (non-hydrogen) atoms. The molecule has 0 aliphatic heterocycles. The highest BCUT2D eigenvalue weighted by Crippen LogP contribution is 2.11. The van der Waals surface area contributed by atoms with Crippen LogP contribution in [0.4, 0.5) is 4.79 Å². The molecule has 3 N–H and O–H groups in total. The predicted octanol–water partition coefficient (Wildman–Crippen LogP) is 1.64. The van der Waals surface area contributed by atoms with Crippen LogP contribution in [0, 0.1) is 0 Å². The maximum atomic E-state index is 11.1. The highest BCUT2D eigenvalue weighted by Gasteiger charge is 2.22. The van der Waals surface area contributed by atoms with Gasteiger partial charge in [-0.15, -0.1) is 0 Å². The Morgan fingerprint density at radius 1 is 1.36 bits per heavy atom. The van der Waals surface area contributed by atoms with Crippen molar-refractivity contribution < 1.29 is 9.53 Å². The summed E-state index contributed by atoms with van der Waals surface area (Å²) in [6.45, 7) is 6.92. The van der Waals surface area contributed by atoms with E-state index in [0.29, 0.717) is 6.54 Å². The van der Waals surface area contributed by atoms with Crippen molar-refractivity contribution in [3.63, 3.8) is 0 Å². The maximum absolute atomic E-state index is 11.1. The topological polar surface area (TPSA) is 64.3 Å².